The van der Waals surface area contributed by atoms with Crippen molar-refractivity contribution in [1.29, 1.82) is 0 Å². The molecule has 0 saturated heterocycles. The van der Waals surface area contributed by atoms with E-state index in [1.807, 2.05) is 18.2 Å². The van der Waals surface area contributed by atoms with Gasteiger partial charge >= 0.3 is 0 Å². The number of nitrogens with one attached hydrogen (secondary N) is 1. The van der Waals surface area contributed by atoms with Crippen LogP contribution in [0.3, 0.4) is 0 Å². The number of methoxy groups -OCH3 is 1. The molecular formula is C21H23FN2O3. The van der Waals surface area contributed by atoms with E-state index in [-0.39, 0.29) is 5.82 Å². The first kappa shape index (κ1) is 19.1. The summed E-state index contributed by atoms with van der Waals surface area (Å²) in [5, 5.41) is 3.39. The third kappa shape index (κ3) is 5.91. The van der Waals surface area contributed by atoms with Crippen LogP contribution < -0.4 is 10.1 Å². The van der Waals surface area contributed by atoms with Crippen LogP contribution in [0.5, 0.6) is 5.75 Å². The van der Waals surface area contributed by atoms with E-state index < -0.39 is 0 Å². The van der Waals surface area contributed by atoms with Crippen LogP contribution in [0.2, 0.25) is 0 Å². The van der Waals surface area contributed by atoms with Gasteiger partial charge in [-0.25, -0.2) is 9.37 Å². The molecule has 0 amide bonds. The van der Waals surface area contributed by atoms with Crippen LogP contribution in [0.25, 0.3) is 11.5 Å². The average Bonchev–Trinajstić information content (AvgIpc) is 3.15. The molecule has 0 aliphatic carbocycles. The molecule has 1 aromatic heterocycles. The molecule has 3 aromatic rings. The van der Waals surface area contributed by atoms with Gasteiger partial charge in [-0.2, -0.15) is 0 Å². The summed E-state index contributed by atoms with van der Waals surface area (Å²) in [5.41, 5.74) is 2.77. The van der Waals surface area contributed by atoms with Gasteiger partial charge in [0.15, 0.2) is 0 Å². The Hall–Kier alpha value is -2.70. The summed E-state index contributed by atoms with van der Waals surface area (Å²) in [4.78, 5) is 4.45. The first-order valence-corrected chi connectivity index (χ1v) is 8.86. The number of benzene rings is 2. The lowest BCUT2D eigenvalue weighted by molar-refractivity contribution is 0.146. The van der Waals surface area contributed by atoms with Crippen molar-refractivity contribution in [3.05, 3.63) is 71.9 Å². The minimum Gasteiger partial charge on any atom is -0.491 e. The molecule has 1 N–H and O–H groups in total. The van der Waals surface area contributed by atoms with Crippen LogP contribution in [0.1, 0.15) is 11.3 Å². The first-order chi connectivity index (χ1) is 13.2. The first-order valence-electron chi connectivity index (χ1n) is 8.86. The van der Waals surface area contributed by atoms with Crippen LogP contribution in [0.15, 0.2) is 59.2 Å². The second-order valence-corrected chi connectivity index (χ2v) is 6.07. The third-order valence-corrected chi connectivity index (χ3v) is 3.98. The molecule has 3 rings (SSSR count). The Morgan fingerprint density at radius 1 is 1.11 bits per heavy atom. The van der Waals surface area contributed by atoms with E-state index in [0.29, 0.717) is 19.1 Å². The Bertz CT molecular complexity index is 833. The van der Waals surface area contributed by atoms with Gasteiger partial charge in [0.25, 0.3) is 0 Å². The number of nitrogens with zero attached hydrogens (tertiary/aromatic N) is 1. The van der Waals surface area contributed by atoms with Crippen molar-refractivity contribution in [1.82, 2.24) is 10.3 Å². The maximum Gasteiger partial charge on any atom is 0.226 e. The molecule has 5 nitrogen and oxygen atoms in total. The lowest BCUT2D eigenvalue weighted by Crippen LogP contribution is -2.16. The van der Waals surface area contributed by atoms with Crippen molar-refractivity contribution in [3.63, 3.8) is 0 Å². The molecule has 0 saturated carbocycles. The number of hydrogen-bond acceptors (Lipinski definition) is 5. The molecule has 1 heterocycles. The van der Waals surface area contributed by atoms with E-state index in [2.05, 4.69) is 16.4 Å². The van der Waals surface area contributed by atoms with Gasteiger partial charge < -0.3 is 19.2 Å². The Morgan fingerprint density at radius 3 is 2.78 bits per heavy atom. The predicted octanol–water partition coefficient (Wildman–Crippen LogP) is 3.84. The summed E-state index contributed by atoms with van der Waals surface area (Å²) >= 11 is 0. The van der Waals surface area contributed by atoms with Gasteiger partial charge in [0.2, 0.25) is 5.89 Å². The zero-order valence-corrected chi connectivity index (χ0v) is 15.3. The highest BCUT2D eigenvalue weighted by atomic mass is 19.1. The minimum absolute atomic E-state index is 0.275. The standard InChI is InChI=1S/C21H23FN2O3/c1-25-11-12-26-20-4-2-3-16(13-20)14-23-10-9-19-15-27-21(24-19)17-5-7-18(22)8-6-17/h2-8,13,15,23H,9-12,14H2,1H3. The highest BCUT2D eigenvalue weighted by molar-refractivity contribution is 5.52. The van der Waals surface area contributed by atoms with Crippen molar-refractivity contribution in [2.75, 3.05) is 26.9 Å². The maximum absolute atomic E-state index is 13.0. The second-order valence-electron chi connectivity index (χ2n) is 6.07. The quantitative estimate of drug-likeness (QED) is 0.550. The van der Waals surface area contributed by atoms with E-state index >= 15 is 0 Å². The van der Waals surface area contributed by atoms with Crippen molar-refractivity contribution in [3.8, 4) is 17.2 Å². The van der Waals surface area contributed by atoms with Gasteiger partial charge in [0.05, 0.1) is 12.3 Å². The van der Waals surface area contributed by atoms with E-state index in [1.165, 1.54) is 12.1 Å². The molecule has 2 aromatic carbocycles. The fraction of sp³-hybridized carbons (Fsp3) is 0.286. The monoisotopic (exact) mass is 370 g/mol. The Labute approximate surface area is 158 Å². The maximum atomic E-state index is 13.0. The lowest BCUT2D eigenvalue weighted by atomic mass is 10.2. The molecule has 0 bridgehead atoms. The van der Waals surface area contributed by atoms with Crippen molar-refractivity contribution >= 4 is 0 Å². The summed E-state index contributed by atoms with van der Waals surface area (Å²) < 4.78 is 29.1. The Balaban J connectivity index is 1.44. The molecular weight excluding hydrogens is 347 g/mol. The molecule has 0 aliphatic rings. The second kappa shape index (κ2) is 9.85. The van der Waals surface area contributed by atoms with Crippen LogP contribution in [-0.2, 0) is 17.7 Å². The fourth-order valence-electron chi connectivity index (χ4n) is 2.58. The van der Waals surface area contributed by atoms with E-state index in [9.17, 15) is 4.39 Å². The minimum atomic E-state index is -0.275. The SMILES string of the molecule is COCCOc1cccc(CNCCc2coc(-c3ccc(F)cc3)n2)c1. The van der Waals surface area contributed by atoms with Gasteiger partial charge in [0, 0.05) is 32.2 Å². The summed E-state index contributed by atoms with van der Waals surface area (Å²) in [6.45, 7) is 2.62. The van der Waals surface area contributed by atoms with Gasteiger partial charge in [-0.3, -0.25) is 0 Å². The lowest BCUT2D eigenvalue weighted by Gasteiger charge is -2.08. The smallest absolute Gasteiger partial charge is 0.226 e. The van der Waals surface area contributed by atoms with Crippen molar-refractivity contribution in [2.24, 2.45) is 0 Å². The molecule has 142 valence electrons. The van der Waals surface area contributed by atoms with Crippen LogP contribution >= 0.6 is 0 Å². The number of hydrogen-bond donors (Lipinski definition) is 1. The molecule has 0 atom stereocenters. The van der Waals surface area contributed by atoms with E-state index in [0.717, 1.165) is 42.1 Å². The molecule has 6 heteroatoms. The molecule has 0 radical (unpaired) electrons. The van der Waals surface area contributed by atoms with E-state index in [1.54, 1.807) is 25.5 Å². The normalized spacial score (nSPS) is 10.9. The molecule has 0 unspecified atom stereocenters. The summed E-state index contributed by atoms with van der Waals surface area (Å²) in [6, 6.07) is 14.1. The number of rotatable bonds is 10. The number of oxazole rings is 1. The largest absolute Gasteiger partial charge is 0.491 e. The average molecular weight is 370 g/mol. The number of halogens is 1. The van der Waals surface area contributed by atoms with Gasteiger partial charge in [-0.15, -0.1) is 0 Å². The fourth-order valence-corrected chi connectivity index (χ4v) is 2.58. The van der Waals surface area contributed by atoms with Crippen molar-refractivity contribution in [2.45, 2.75) is 13.0 Å². The Morgan fingerprint density at radius 2 is 1.96 bits per heavy atom. The summed E-state index contributed by atoms with van der Waals surface area (Å²) in [7, 11) is 1.65. The van der Waals surface area contributed by atoms with Crippen LogP contribution in [0, 0.1) is 5.82 Å². The van der Waals surface area contributed by atoms with E-state index in [4.69, 9.17) is 13.9 Å². The highest BCUT2D eigenvalue weighted by Gasteiger charge is 2.07. The topological polar surface area (TPSA) is 56.5 Å². The zero-order chi connectivity index (χ0) is 18.9. The predicted molar refractivity (Wildman–Crippen MR) is 101 cm³/mol. The molecule has 0 aliphatic heterocycles. The van der Waals surface area contributed by atoms with Gasteiger partial charge in [-0.05, 0) is 42.0 Å². The van der Waals surface area contributed by atoms with Crippen LogP contribution in [0.4, 0.5) is 4.39 Å². The molecule has 0 fully saturated rings. The van der Waals surface area contributed by atoms with Gasteiger partial charge in [-0.1, -0.05) is 12.1 Å². The number of ether oxygens (including phenoxy) is 2. The summed E-state index contributed by atoms with van der Waals surface area (Å²) in [5.74, 6) is 1.07. The third-order valence-electron chi connectivity index (χ3n) is 3.98. The Kier molecular flexibility index (Phi) is 6.96. The summed E-state index contributed by atoms with van der Waals surface area (Å²) in [6.07, 6.45) is 2.39. The molecule has 0 spiro atoms. The van der Waals surface area contributed by atoms with Gasteiger partial charge in [0.1, 0.15) is 24.4 Å². The highest BCUT2D eigenvalue weighted by Crippen LogP contribution is 2.19. The molecule has 27 heavy (non-hydrogen) atoms. The van der Waals surface area contributed by atoms with Crippen molar-refractivity contribution < 1.29 is 18.3 Å². The number of aromatic nitrogens is 1. The zero-order valence-electron chi connectivity index (χ0n) is 15.3. The van der Waals surface area contributed by atoms with Crippen LogP contribution in [-0.4, -0.2) is 31.9 Å².